The van der Waals surface area contributed by atoms with Crippen LogP contribution in [0, 0.1) is 18.2 Å². The molecule has 3 N–H and O–H groups in total. The number of nitrogens with zero attached hydrogens (tertiary/aromatic N) is 1. The van der Waals surface area contributed by atoms with Crippen molar-refractivity contribution in [1.82, 2.24) is 0 Å². The molecule has 0 spiro atoms. The molecule has 4 heteroatoms. The van der Waals surface area contributed by atoms with Gasteiger partial charge in [0.25, 0.3) is 0 Å². The minimum absolute atomic E-state index is 0.131. The summed E-state index contributed by atoms with van der Waals surface area (Å²) < 4.78 is 13.8. The Morgan fingerprint density at radius 2 is 1.89 bits per heavy atom. The van der Waals surface area contributed by atoms with Crippen LogP contribution in [0.15, 0.2) is 42.5 Å². The molecule has 0 aromatic heterocycles. The van der Waals surface area contributed by atoms with E-state index in [-0.39, 0.29) is 11.4 Å². The van der Waals surface area contributed by atoms with Gasteiger partial charge >= 0.3 is 0 Å². The number of nitrogens with two attached hydrogens (primary N) is 1. The molecule has 98 valence electrons. The summed E-state index contributed by atoms with van der Waals surface area (Å²) in [5.74, 6) is -0.753. The first-order chi connectivity index (χ1) is 9.00. The van der Waals surface area contributed by atoms with Crippen LogP contribution in [0.1, 0.15) is 11.1 Å². The van der Waals surface area contributed by atoms with Crippen LogP contribution >= 0.6 is 0 Å². The van der Waals surface area contributed by atoms with Crippen molar-refractivity contribution in [3.63, 3.8) is 0 Å². The Bertz CT molecular complexity index is 623. The number of halogens is 1. The maximum atomic E-state index is 13.8. The number of aryl methyl sites for hydroxylation is 1. The maximum absolute atomic E-state index is 13.8. The van der Waals surface area contributed by atoms with Gasteiger partial charge in [0.05, 0.1) is 11.3 Å². The molecule has 0 heterocycles. The van der Waals surface area contributed by atoms with Gasteiger partial charge in [0, 0.05) is 12.7 Å². The lowest BCUT2D eigenvalue weighted by Gasteiger charge is -2.23. The Morgan fingerprint density at radius 3 is 2.53 bits per heavy atom. The molecule has 0 bridgehead atoms. The van der Waals surface area contributed by atoms with Crippen LogP contribution in [0.5, 0.6) is 0 Å². The normalized spacial score (nSPS) is 10.3. The van der Waals surface area contributed by atoms with E-state index in [9.17, 15) is 4.39 Å². The zero-order valence-corrected chi connectivity index (χ0v) is 10.9. The maximum Gasteiger partial charge on any atom is 0.136 e. The van der Waals surface area contributed by atoms with Crippen LogP contribution in [0.2, 0.25) is 0 Å². The first-order valence-corrected chi connectivity index (χ1v) is 5.94. The predicted molar refractivity (Wildman–Crippen MR) is 76.7 cm³/mol. The summed E-state index contributed by atoms with van der Waals surface area (Å²) in [6.07, 6.45) is 0. The molecular weight excluding hydrogens is 241 g/mol. The Balaban J connectivity index is 2.53. The number of nitrogens with one attached hydrogen (secondary N) is 1. The van der Waals surface area contributed by atoms with E-state index in [2.05, 4.69) is 0 Å². The Kier molecular flexibility index (Phi) is 3.51. The quantitative estimate of drug-likeness (QED) is 0.655. The number of anilines is 2. The highest BCUT2D eigenvalue weighted by atomic mass is 19.1. The van der Waals surface area contributed by atoms with Crippen LogP contribution in [0.4, 0.5) is 15.8 Å². The van der Waals surface area contributed by atoms with Crippen molar-refractivity contribution in [3.8, 4) is 0 Å². The molecule has 0 amide bonds. The van der Waals surface area contributed by atoms with Gasteiger partial charge in [-0.1, -0.05) is 18.2 Å². The third kappa shape index (κ3) is 2.57. The topological polar surface area (TPSA) is 53.1 Å². The molecule has 0 radical (unpaired) electrons. The second-order valence-corrected chi connectivity index (χ2v) is 4.45. The Labute approximate surface area is 112 Å². The van der Waals surface area contributed by atoms with Crippen molar-refractivity contribution in [1.29, 1.82) is 5.41 Å². The van der Waals surface area contributed by atoms with Gasteiger partial charge in [0.1, 0.15) is 11.7 Å². The van der Waals surface area contributed by atoms with Crippen molar-refractivity contribution < 1.29 is 4.39 Å². The van der Waals surface area contributed by atoms with Gasteiger partial charge < -0.3 is 10.6 Å². The number of nitrogen functional groups attached to an aromatic ring is 1. The zero-order valence-electron chi connectivity index (χ0n) is 10.9. The molecule has 19 heavy (non-hydrogen) atoms. The van der Waals surface area contributed by atoms with E-state index in [1.54, 1.807) is 12.1 Å². The standard InChI is InChI=1S/C15H16FN3/c1-10-5-3-6-11(9-10)19(2)13-8-4-7-12(16)14(13)15(17)18/h3-9H,1-2H3,(H3,17,18). The van der Waals surface area contributed by atoms with Crippen LogP contribution in [-0.4, -0.2) is 12.9 Å². The van der Waals surface area contributed by atoms with E-state index in [1.165, 1.54) is 6.07 Å². The lowest BCUT2D eigenvalue weighted by atomic mass is 10.1. The third-order valence-electron chi connectivity index (χ3n) is 3.01. The van der Waals surface area contributed by atoms with Crippen molar-refractivity contribution in [3.05, 3.63) is 59.4 Å². The first-order valence-electron chi connectivity index (χ1n) is 5.94. The number of benzene rings is 2. The highest BCUT2D eigenvalue weighted by molar-refractivity contribution is 6.01. The number of amidine groups is 1. The summed E-state index contributed by atoms with van der Waals surface area (Å²) in [5.41, 5.74) is 8.23. The molecule has 0 aliphatic carbocycles. The first kappa shape index (κ1) is 13.1. The highest BCUT2D eigenvalue weighted by Crippen LogP contribution is 2.28. The fraction of sp³-hybridized carbons (Fsp3) is 0.133. The lowest BCUT2D eigenvalue weighted by molar-refractivity contribution is 0.625. The van der Waals surface area contributed by atoms with Gasteiger partial charge in [-0.3, -0.25) is 5.41 Å². The molecule has 0 saturated heterocycles. The van der Waals surface area contributed by atoms with Gasteiger partial charge in [-0.15, -0.1) is 0 Å². The molecule has 2 aromatic carbocycles. The molecular formula is C15H16FN3. The van der Waals surface area contributed by atoms with E-state index < -0.39 is 5.82 Å². The van der Waals surface area contributed by atoms with Crippen LogP contribution in [0.3, 0.4) is 0 Å². The molecule has 0 aliphatic rings. The minimum Gasteiger partial charge on any atom is -0.384 e. The van der Waals surface area contributed by atoms with E-state index in [4.69, 9.17) is 11.1 Å². The largest absolute Gasteiger partial charge is 0.384 e. The fourth-order valence-electron chi connectivity index (χ4n) is 2.03. The predicted octanol–water partition coefficient (Wildman–Crippen LogP) is 3.19. The van der Waals surface area contributed by atoms with Gasteiger partial charge in [0.15, 0.2) is 0 Å². The summed E-state index contributed by atoms with van der Waals surface area (Å²) >= 11 is 0. The minimum atomic E-state index is -0.482. The SMILES string of the molecule is Cc1cccc(N(C)c2cccc(F)c2C(=N)N)c1. The summed E-state index contributed by atoms with van der Waals surface area (Å²) in [5, 5.41) is 7.53. The molecule has 2 rings (SSSR count). The van der Waals surface area contributed by atoms with Gasteiger partial charge in [-0.2, -0.15) is 0 Å². The van der Waals surface area contributed by atoms with E-state index in [0.29, 0.717) is 5.69 Å². The average Bonchev–Trinajstić information content (AvgIpc) is 2.37. The molecule has 3 nitrogen and oxygen atoms in total. The number of rotatable bonds is 3. The third-order valence-corrected chi connectivity index (χ3v) is 3.01. The lowest BCUT2D eigenvalue weighted by Crippen LogP contribution is -2.20. The van der Waals surface area contributed by atoms with Crippen LogP contribution in [-0.2, 0) is 0 Å². The monoisotopic (exact) mass is 257 g/mol. The summed E-state index contributed by atoms with van der Waals surface area (Å²) in [6, 6.07) is 12.5. The van der Waals surface area contributed by atoms with Crippen molar-refractivity contribution in [2.24, 2.45) is 5.73 Å². The Morgan fingerprint density at radius 1 is 1.21 bits per heavy atom. The van der Waals surface area contributed by atoms with Gasteiger partial charge in [-0.05, 0) is 36.8 Å². The summed E-state index contributed by atoms with van der Waals surface area (Å²) in [6.45, 7) is 1.99. The van der Waals surface area contributed by atoms with E-state index in [0.717, 1.165) is 11.3 Å². The molecule has 0 unspecified atom stereocenters. The van der Waals surface area contributed by atoms with Crippen LogP contribution < -0.4 is 10.6 Å². The molecule has 0 saturated carbocycles. The van der Waals surface area contributed by atoms with Crippen LogP contribution in [0.25, 0.3) is 0 Å². The van der Waals surface area contributed by atoms with Crippen molar-refractivity contribution >= 4 is 17.2 Å². The summed E-state index contributed by atoms with van der Waals surface area (Å²) in [7, 11) is 1.83. The number of hydrogen-bond acceptors (Lipinski definition) is 2. The van der Waals surface area contributed by atoms with Gasteiger partial charge in [0.2, 0.25) is 0 Å². The molecule has 2 aromatic rings. The highest BCUT2D eigenvalue weighted by Gasteiger charge is 2.15. The van der Waals surface area contributed by atoms with E-state index >= 15 is 0 Å². The van der Waals surface area contributed by atoms with Crippen molar-refractivity contribution in [2.75, 3.05) is 11.9 Å². The zero-order chi connectivity index (χ0) is 14.0. The second-order valence-electron chi connectivity index (χ2n) is 4.45. The van der Waals surface area contributed by atoms with Gasteiger partial charge in [-0.25, -0.2) is 4.39 Å². The second kappa shape index (κ2) is 5.10. The molecule has 0 atom stereocenters. The Hall–Kier alpha value is -2.36. The van der Waals surface area contributed by atoms with E-state index in [1.807, 2.05) is 43.1 Å². The average molecular weight is 257 g/mol. The fourth-order valence-corrected chi connectivity index (χ4v) is 2.03. The summed E-state index contributed by atoms with van der Waals surface area (Å²) in [4.78, 5) is 1.83. The number of hydrogen-bond donors (Lipinski definition) is 2. The smallest absolute Gasteiger partial charge is 0.136 e. The molecule has 0 fully saturated rings. The molecule has 0 aliphatic heterocycles. The van der Waals surface area contributed by atoms with Crippen molar-refractivity contribution in [2.45, 2.75) is 6.92 Å².